The number of aromatic nitrogens is 1. The minimum Gasteiger partial charge on any atom is -0.464 e. The number of esters is 1. The van der Waals surface area contributed by atoms with Gasteiger partial charge in [-0.15, -0.1) is 0 Å². The number of hydrogen-bond donors (Lipinski definition) is 0. The van der Waals surface area contributed by atoms with Gasteiger partial charge in [0, 0.05) is 12.2 Å². The van der Waals surface area contributed by atoms with E-state index < -0.39 is 0 Å². The highest BCUT2D eigenvalue weighted by Crippen LogP contribution is 2.14. The van der Waals surface area contributed by atoms with Gasteiger partial charge in [0.05, 0.1) is 7.11 Å². The monoisotopic (exact) mass is 223 g/mol. The lowest BCUT2D eigenvalue weighted by Crippen LogP contribution is -2.12. The molecule has 3 heteroatoms. The third kappa shape index (κ3) is 2.87. The summed E-state index contributed by atoms with van der Waals surface area (Å²) in [5, 5.41) is 0. The summed E-state index contributed by atoms with van der Waals surface area (Å²) < 4.78 is 6.87. The summed E-state index contributed by atoms with van der Waals surface area (Å²) in [4.78, 5) is 11.6. The van der Waals surface area contributed by atoms with Gasteiger partial charge >= 0.3 is 5.97 Å². The zero-order valence-electron chi connectivity index (χ0n) is 10.5. The van der Waals surface area contributed by atoms with Crippen molar-refractivity contribution >= 4 is 5.97 Å². The van der Waals surface area contributed by atoms with Crippen LogP contribution in [-0.4, -0.2) is 17.6 Å². The van der Waals surface area contributed by atoms with E-state index >= 15 is 0 Å². The lowest BCUT2D eigenvalue weighted by atomic mass is 10.2. The van der Waals surface area contributed by atoms with Crippen LogP contribution in [0.2, 0.25) is 0 Å². The summed E-state index contributed by atoms with van der Waals surface area (Å²) >= 11 is 0. The predicted octanol–water partition coefficient (Wildman–Crippen LogP) is 3.03. The van der Waals surface area contributed by atoms with E-state index in [0.717, 1.165) is 25.8 Å². The maximum atomic E-state index is 11.6. The van der Waals surface area contributed by atoms with Gasteiger partial charge in [-0.1, -0.05) is 20.3 Å². The molecule has 0 spiro atoms. The maximum Gasteiger partial charge on any atom is 0.354 e. The second-order valence-electron chi connectivity index (χ2n) is 3.96. The van der Waals surface area contributed by atoms with Crippen molar-refractivity contribution in [2.75, 3.05) is 7.11 Å². The van der Waals surface area contributed by atoms with E-state index in [1.165, 1.54) is 19.2 Å². The number of carbonyl (C=O) groups is 1. The second kappa shape index (κ2) is 6.36. The summed E-state index contributed by atoms with van der Waals surface area (Å²) in [7, 11) is 1.43. The van der Waals surface area contributed by atoms with Crippen LogP contribution in [0.1, 0.15) is 49.3 Å². The summed E-state index contributed by atoms with van der Waals surface area (Å²) in [6.45, 7) is 5.18. The summed E-state index contributed by atoms with van der Waals surface area (Å²) in [5.41, 5.74) is 1.92. The number of rotatable bonds is 6. The highest BCUT2D eigenvalue weighted by atomic mass is 16.5. The first-order valence-corrected chi connectivity index (χ1v) is 6.01. The van der Waals surface area contributed by atoms with Gasteiger partial charge in [-0.2, -0.15) is 0 Å². The van der Waals surface area contributed by atoms with Crippen molar-refractivity contribution in [3.8, 4) is 0 Å². The fourth-order valence-corrected chi connectivity index (χ4v) is 1.86. The van der Waals surface area contributed by atoms with E-state index in [0.29, 0.717) is 5.69 Å². The van der Waals surface area contributed by atoms with Crippen molar-refractivity contribution in [1.82, 2.24) is 4.57 Å². The highest BCUT2D eigenvalue weighted by Gasteiger charge is 2.14. The Labute approximate surface area is 97.4 Å². The number of aryl methyl sites for hydroxylation is 1. The molecule has 16 heavy (non-hydrogen) atoms. The Morgan fingerprint density at radius 2 is 2.06 bits per heavy atom. The van der Waals surface area contributed by atoms with Crippen LogP contribution in [-0.2, 0) is 17.7 Å². The van der Waals surface area contributed by atoms with Crippen molar-refractivity contribution in [1.29, 1.82) is 0 Å². The first-order valence-electron chi connectivity index (χ1n) is 6.01. The molecule has 1 heterocycles. The third-order valence-corrected chi connectivity index (χ3v) is 2.70. The Morgan fingerprint density at radius 1 is 1.31 bits per heavy atom. The molecule has 0 saturated carbocycles. The second-order valence-corrected chi connectivity index (χ2v) is 3.96. The molecule has 0 unspecified atom stereocenters. The molecular weight excluding hydrogens is 202 g/mol. The minimum absolute atomic E-state index is 0.240. The van der Waals surface area contributed by atoms with Gasteiger partial charge in [0.15, 0.2) is 0 Å². The number of carbonyl (C=O) groups excluding carboxylic acids is 1. The van der Waals surface area contributed by atoms with Gasteiger partial charge in [0.2, 0.25) is 0 Å². The molecule has 0 bridgehead atoms. The average Bonchev–Trinajstić information content (AvgIpc) is 2.69. The van der Waals surface area contributed by atoms with Gasteiger partial charge in [0.1, 0.15) is 5.69 Å². The zero-order valence-corrected chi connectivity index (χ0v) is 10.5. The Bertz CT molecular complexity index is 342. The molecule has 0 fully saturated rings. The molecule has 0 aliphatic heterocycles. The first-order chi connectivity index (χ1) is 7.74. The molecule has 0 radical (unpaired) electrons. The molecule has 0 aromatic carbocycles. The Kier molecular flexibility index (Phi) is 5.09. The molecule has 0 amide bonds. The van der Waals surface area contributed by atoms with Crippen LogP contribution in [0.15, 0.2) is 12.1 Å². The molecule has 0 aliphatic rings. The molecule has 0 aliphatic carbocycles. The van der Waals surface area contributed by atoms with Crippen molar-refractivity contribution < 1.29 is 9.53 Å². The number of ether oxygens (including phenoxy) is 1. The van der Waals surface area contributed by atoms with Crippen LogP contribution < -0.4 is 0 Å². The smallest absolute Gasteiger partial charge is 0.354 e. The van der Waals surface area contributed by atoms with Crippen molar-refractivity contribution in [3.63, 3.8) is 0 Å². The molecule has 0 atom stereocenters. The van der Waals surface area contributed by atoms with E-state index in [9.17, 15) is 4.79 Å². The number of hydrogen-bond acceptors (Lipinski definition) is 2. The fourth-order valence-electron chi connectivity index (χ4n) is 1.86. The van der Waals surface area contributed by atoms with Crippen molar-refractivity contribution in [2.24, 2.45) is 0 Å². The Balaban J connectivity index is 2.92. The molecule has 3 nitrogen and oxygen atoms in total. The van der Waals surface area contributed by atoms with Gasteiger partial charge < -0.3 is 9.30 Å². The molecular formula is C13H21NO2. The van der Waals surface area contributed by atoms with E-state index in [1.54, 1.807) is 0 Å². The van der Waals surface area contributed by atoms with E-state index in [2.05, 4.69) is 18.4 Å². The van der Waals surface area contributed by atoms with Gasteiger partial charge in [-0.3, -0.25) is 0 Å². The predicted molar refractivity (Wildman–Crippen MR) is 64.7 cm³/mol. The van der Waals surface area contributed by atoms with E-state index in [1.807, 2.05) is 12.1 Å². The van der Waals surface area contributed by atoms with Crippen LogP contribution in [0.3, 0.4) is 0 Å². The Morgan fingerprint density at radius 3 is 2.62 bits per heavy atom. The normalized spacial score (nSPS) is 10.4. The first kappa shape index (κ1) is 12.8. The fraction of sp³-hybridized carbons (Fsp3) is 0.615. The maximum absolute atomic E-state index is 11.6. The number of unbranched alkanes of at least 4 members (excludes halogenated alkanes) is 1. The average molecular weight is 223 g/mol. The molecule has 1 aromatic rings. The molecule has 0 saturated heterocycles. The quantitative estimate of drug-likeness (QED) is 0.694. The highest BCUT2D eigenvalue weighted by molar-refractivity contribution is 5.87. The Hall–Kier alpha value is -1.25. The molecule has 0 N–H and O–H groups in total. The van der Waals surface area contributed by atoms with Gasteiger partial charge in [0.25, 0.3) is 0 Å². The SMILES string of the molecule is CCCCc1ccc(C(=O)OC)n1CCC. The molecule has 1 aromatic heterocycles. The number of methoxy groups -OCH3 is 1. The van der Waals surface area contributed by atoms with Gasteiger partial charge in [-0.05, 0) is 31.4 Å². The van der Waals surface area contributed by atoms with Crippen LogP contribution in [0.4, 0.5) is 0 Å². The van der Waals surface area contributed by atoms with Crippen LogP contribution in [0, 0.1) is 0 Å². The van der Waals surface area contributed by atoms with E-state index in [-0.39, 0.29) is 5.97 Å². The number of nitrogens with zero attached hydrogens (tertiary/aromatic N) is 1. The van der Waals surface area contributed by atoms with Crippen LogP contribution in [0.25, 0.3) is 0 Å². The van der Waals surface area contributed by atoms with Crippen molar-refractivity contribution in [2.45, 2.75) is 46.1 Å². The summed E-state index contributed by atoms with van der Waals surface area (Å²) in [5.74, 6) is -0.240. The van der Waals surface area contributed by atoms with Gasteiger partial charge in [-0.25, -0.2) is 4.79 Å². The topological polar surface area (TPSA) is 31.2 Å². The van der Waals surface area contributed by atoms with Crippen LogP contribution in [0.5, 0.6) is 0 Å². The van der Waals surface area contributed by atoms with Crippen LogP contribution >= 0.6 is 0 Å². The largest absolute Gasteiger partial charge is 0.464 e. The van der Waals surface area contributed by atoms with Crippen molar-refractivity contribution in [3.05, 3.63) is 23.5 Å². The lowest BCUT2D eigenvalue weighted by molar-refractivity contribution is 0.0588. The third-order valence-electron chi connectivity index (χ3n) is 2.70. The van der Waals surface area contributed by atoms with E-state index in [4.69, 9.17) is 4.74 Å². The zero-order chi connectivity index (χ0) is 12.0. The summed E-state index contributed by atoms with van der Waals surface area (Å²) in [6, 6.07) is 3.91. The standard InChI is InChI=1S/C13H21NO2/c1-4-6-7-11-8-9-12(13(15)16-3)14(11)10-5-2/h8-9H,4-7,10H2,1-3H3. The summed E-state index contributed by atoms with van der Waals surface area (Å²) in [6.07, 6.45) is 4.39. The minimum atomic E-state index is -0.240. The molecule has 1 rings (SSSR count). The lowest BCUT2D eigenvalue weighted by Gasteiger charge is -2.10. The molecule has 90 valence electrons.